The van der Waals surface area contributed by atoms with Gasteiger partial charge < -0.3 is 24.1 Å². The fraction of sp³-hybridized carbons (Fsp3) is 0.226. The van der Waals surface area contributed by atoms with Crippen LogP contribution in [-0.4, -0.2) is 48.3 Å². The predicted octanol–water partition coefficient (Wildman–Crippen LogP) is 5.39. The first kappa shape index (κ1) is 28.6. The summed E-state index contributed by atoms with van der Waals surface area (Å²) >= 11 is 1.16. The predicted molar refractivity (Wildman–Crippen MR) is 157 cm³/mol. The van der Waals surface area contributed by atoms with E-state index < -0.39 is 17.7 Å². The zero-order chi connectivity index (χ0) is 30.0. The van der Waals surface area contributed by atoms with Gasteiger partial charge in [0.1, 0.15) is 23.1 Å². The third kappa shape index (κ3) is 5.38. The highest BCUT2D eigenvalue weighted by Crippen LogP contribution is 2.47. The lowest BCUT2D eigenvalue weighted by molar-refractivity contribution is -0.132. The lowest BCUT2D eigenvalue weighted by Crippen LogP contribution is -2.29. The van der Waals surface area contributed by atoms with Crippen molar-refractivity contribution in [1.82, 2.24) is 10.2 Å². The number of amides is 1. The number of ketones is 1. The molecule has 4 aromatic rings. The smallest absolute Gasteiger partial charge is 0.301 e. The molecular formula is C31H29N3O7S. The molecule has 1 aliphatic rings. The third-order valence-corrected chi connectivity index (χ3v) is 7.62. The second-order valence-electron chi connectivity index (χ2n) is 9.53. The number of benzene rings is 3. The van der Waals surface area contributed by atoms with Gasteiger partial charge in [0.2, 0.25) is 10.9 Å². The molecule has 1 atom stereocenters. The number of Topliss-reactive ketones (excluding diaryl/α,β-unsaturated/α-hetero) is 1. The van der Waals surface area contributed by atoms with E-state index in [0.717, 1.165) is 22.5 Å². The summed E-state index contributed by atoms with van der Waals surface area (Å²) in [5.74, 6) is -0.487. The molecule has 2 heterocycles. The number of aromatic nitrogens is 2. The first-order valence-corrected chi connectivity index (χ1v) is 13.8. The monoisotopic (exact) mass is 587 g/mol. The molecule has 5 rings (SSSR count). The van der Waals surface area contributed by atoms with Crippen molar-refractivity contribution >= 4 is 33.9 Å². The zero-order valence-electron chi connectivity index (χ0n) is 23.7. The maximum Gasteiger partial charge on any atom is 0.301 e. The SMILES string of the molecule is COc1cc(C2C(=C(O)c3ccc(OCc4cccc(C)c4)cc3)C(=O)C(=O)N2c2nnc(C)s2)cc(OC)c1OC. The Bertz CT molecular complexity index is 1660. The molecule has 0 spiro atoms. The van der Waals surface area contributed by atoms with Crippen LogP contribution in [0.15, 0.2) is 66.2 Å². The maximum absolute atomic E-state index is 13.5. The Hall–Kier alpha value is -4.90. The van der Waals surface area contributed by atoms with E-state index >= 15 is 0 Å². The molecule has 0 aliphatic carbocycles. The number of nitrogens with zero attached hydrogens (tertiary/aromatic N) is 3. The van der Waals surface area contributed by atoms with Crippen molar-refractivity contribution in [3.05, 3.63) is 93.5 Å². The van der Waals surface area contributed by atoms with Gasteiger partial charge in [-0.25, -0.2) is 0 Å². The zero-order valence-corrected chi connectivity index (χ0v) is 24.5. The van der Waals surface area contributed by atoms with Crippen LogP contribution in [0.25, 0.3) is 5.76 Å². The molecule has 1 saturated heterocycles. The van der Waals surface area contributed by atoms with E-state index in [-0.39, 0.29) is 16.5 Å². The van der Waals surface area contributed by atoms with E-state index in [1.807, 2.05) is 31.2 Å². The second-order valence-corrected chi connectivity index (χ2v) is 10.7. The number of methoxy groups -OCH3 is 3. The molecule has 0 radical (unpaired) electrons. The van der Waals surface area contributed by atoms with Crippen LogP contribution >= 0.6 is 11.3 Å². The van der Waals surface area contributed by atoms with E-state index in [1.54, 1.807) is 43.3 Å². The first-order chi connectivity index (χ1) is 20.2. The number of hydrogen-bond acceptors (Lipinski definition) is 10. The molecule has 1 aromatic heterocycles. The first-order valence-electron chi connectivity index (χ1n) is 13.0. The number of ether oxygens (including phenoxy) is 4. The van der Waals surface area contributed by atoms with Crippen LogP contribution in [0.2, 0.25) is 0 Å². The molecule has 1 N–H and O–H groups in total. The minimum atomic E-state index is -1.05. The van der Waals surface area contributed by atoms with Crippen molar-refractivity contribution in [3.8, 4) is 23.0 Å². The Kier molecular flexibility index (Phi) is 8.12. The number of rotatable bonds is 9. The van der Waals surface area contributed by atoms with Crippen LogP contribution in [0.5, 0.6) is 23.0 Å². The molecule has 0 bridgehead atoms. The molecule has 1 unspecified atom stereocenters. The average Bonchev–Trinajstić information content (AvgIpc) is 3.54. The standard InChI is InChI=1S/C31H29N3O7S/c1-17-7-6-8-19(13-17)16-41-22-11-9-20(10-12-22)27(35)25-26(21-14-23(38-3)29(40-5)24(15-21)39-4)34(30(37)28(25)36)31-33-32-18(2)42-31/h6-15,26,35H,16H2,1-5H3. The summed E-state index contributed by atoms with van der Waals surface area (Å²) < 4.78 is 22.4. The molecule has 3 aromatic carbocycles. The molecule has 11 heteroatoms. The van der Waals surface area contributed by atoms with Crippen LogP contribution < -0.4 is 23.8 Å². The summed E-state index contributed by atoms with van der Waals surface area (Å²) in [7, 11) is 4.41. The quantitative estimate of drug-likeness (QED) is 0.156. The van der Waals surface area contributed by atoms with Gasteiger partial charge in [-0.3, -0.25) is 14.5 Å². The van der Waals surface area contributed by atoms with E-state index in [0.29, 0.717) is 45.7 Å². The topological polar surface area (TPSA) is 120 Å². The molecule has 10 nitrogen and oxygen atoms in total. The number of aryl methyl sites for hydroxylation is 2. The minimum Gasteiger partial charge on any atom is -0.507 e. The van der Waals surface area contributed by atoms with Crippen molar-refractivity contribution in [3.63, 3.8) is 0 Å². The highest BCUT2D eigenvalue weighted by atomic mass is 32.1. The van der Waals surface area contributed by atoms with Crippen LogP contribution in [0.1, 0.15) is 33.3 Å². The van der Waals surface area contributed by atoms with E-state index in [1.165, 1.54) is 26.2 Å². The second kappa shape index (κ2) is 11.9. The van der Waals surface area contributed by atoms with Gasteiger partial charge in [0.05, 0.1) is 32.9 Å². The summed E-state index contributed by atoms with van der Waals surface area (Å²) in [6.45, 7) is 4.14. The molecule has 1 fully saturated rings. The summed E-state index contributed by atoms with van der Waals surface area (Å²) in [5, 5.41) is 20.5. The summed E-state index contributed by atoms with van der Waals surface area (Å²) in [5.41, 5.74) is 2.83. The fourth-order valence-electron chi connectivity index (χ4n) is 4.82. The number of aliphatic hydroxyl groups excluding tert-OH is 1. The Labute approximate surface area is 246 Å². The Morgan fingerprint density at radius 3 is 2.19 bits per heavy atom. The van der Waals surface area contributed by atoms with Crippen molar-refractivity contribution in [2.75, 3.05) is 26.2 Å². The van der Waals surface area contributed by atoms with Gasteiger partial charge in [-0.15, -0.1) is 10.2 Å². The highest BCUT2D eigenvalue weighted by Gasteiger charge is 2.48. The number of anilines is 1. The lowest BCUT2D eigenvalue weighted by Gasteiger charge is -2.24. The molecule has 1 aliphatic heterocycles. The van der Waals surface area contributed by atoms with E-state index in [2.05, 4.69) is 10.2 Å². The van der Waals surface area contributed by atoms with Gasteiger partial charge in [-0.1, -0.05) is 41.2 Å². The molecule has 216 valence electrons. The van der Waals surface area contributed by atoms with Crippen LogP contribution in [0.3, 0.4) is 0 Å². The van der Waals surface area contributed by atoms with Crippen molar-refractivity contribution in [2.24, 2.45) is 0 Å². The molecule has 42 heavy (non-hydrogen) atoms. The Morgan fingerprint density at radius 2 is 1.62 bits per heavy atom. The summed E-state index contributed by atoms with van der Waals surface area (Å²) in [6.07, 6.45) is 0. The van der Waals surface area contributed by atoms with Gasteiger partial charge in [0.15, 0.2) is 11.5 Å². The lowest BCUT2D eigenvalue weighted by atomic mass is 9.94. The Balaban J connectivity index is 1.57. The van der Waals surface area contributed by atoms with Gasteiger partial charge in [-0.2, -0.15) is 0 Å². The molecular weight excluding hydrogens is 558 g/mol. The minimum absolute atomic E-state index is 0.115. The number of aliphatic hydroxyl groups is 1. The number of carbonyl (C=O) groups is 2. The molecule has 0 saturated carbocycles. The Morgan fingerprint density at radius 1 is 0.929 bits per heavy atom. The number of carbonyl (C=O) groups excluding carboxylic acids is 2. The summed E-state index contributed by atoms with van der Waals surface area (Å²) in [4.78, 5) is 28.2. The van der Waals surface area contributed by atoms with Crippen molar-refractivity contribution in [2.45, 2.75) is 26.5 Å². The van der Waals surface area contributed by atoms with Gasteiger partial charge >= 0.3 is 5.91 Å². The van der Waals surface area contributed by atoms with Crippen LogP contribution in [-0.2, 0) is 16.2 Å². The fourth-order valence-corrected chi connectivity index (χ4v) is 5.54. The van der Waals surface area contributed by atoms with Crippen molar-refractivity contribution < 1.29 is 33.6 Å². The normalized spacial score (nSPS) is 16.0. The van der Waals surface area contributed by atoms with E-state index in [4.69, 9.17) is 18.9 Å². The largest absolute Gasteiger partial charge is 0.507 e. The maximum atomic E-state index is 13.5. The van der Waals surface area contributed by atoms with Crippen LogP contribution in [0.4, 0.5) is 5.13 Å². The van der Waals surface area contributed by atoms with E-state index in [9.17, 15) is 14.7 Å². The average molecular weight is 588 g/mol. The number of hydrogen-bond donors (Lipinski definition) is 1. The van der Waals surface area contributed by atoms with Crippen molar-refractivity contribution in [1.29, 1.82) is 0 Å². The summed E-state index contributed by atoms with van der Waals surface area (Å²) in [6, 6.07) is 16.9. The van der Waals surface area contributed by atoms with Gasteiger partial charge in [0.25, 0.3) is 5.78 Å². The third-order valence-electron chi connectivity index (χ3n) is 6.78. The van der Waals surface area contributed by atoms with Crippen LogP contribution in [0, 0.1) is 13.8 Å². The highest BCUT2D eigenvalue weighted by molar-refractivity contribution is 7.15. The van der Waals surface area contributed by atoms with Gasteiger partial charge in [0, 0.05) is 5.56 Å². The molecule has 1 amide bonds. The van der Waals surface area contributed by atoms with Gasteiger partial charge in [-0.05, 0) is 61.4 Å².